The van der Waals surface area contributed by atoms with Gasteiger partial charge in [0.05, 0.1) is 0 Å². The standard InChI is InChI=1S/C12H21NO4/c1-4-11(2,3)9(14)13-7-5-12(17,6-8-13)10(15)16/h17H,4-8H2,1-3H3,(H,15,16). The Morgan fingerprint density at radius 3 is 2.12 bits per heavy atom. The maximum atomic E-state index is 12.1. The van der Waals surface area contributed by atoms with Crippen molar-refractivity contribution in [3.63, 3.8) is 0 Å². The molecule has 0 spiro atoms. The fourth-order valence-corrected chi connectivity index (χ4v) is 1.87. The van der Waals surface area contributed by atoms with Crippen molar-refractivity contribution < 1.29 is 19.8 Å². The van der Waals surface area contributed by atoms with Gasteiger partial charge in [-0.15, -0.1) is 0 Å². The summed E-state index contributed by atoms with van der Waals surface area (Å²) in [5, 5.41) is 18.6. The zero-order valence-electron chi connectivity index (χ0n) is 10.7. The molecule has 1 saturated heterocycles. The summed E-state index contributed by atoms with van der Waals surface area (Å²) in [4.78, 5) is 24.6. The number of rotatable bonds is 3. The van der Waals surface area contributed by atoms with E-state index in [4.69, 9.17) is 5.11 Å². The van der Waals surface area contributed by atoms with Crippen molar-refractivity contribution in [2.45, 2.75) is 45.6 Å². The van der Waals surface area contributed by atoms with Gasteiger partial charge in [-0.05, 0) is 6.42 Å². The zero-order chi connectivity index (χ0) is 13.3. The van der Waals surface area contributed by atoms with Gasteiger partial charge in [0.1, 0.15) is 0 Å². The minimum Gasteiger partial charge on any atom is -0.479 e. The normalized spacial score (nSPS) is 20.1. The van der Waals surface area contributed by atoms with Gasteiger partial charge in [-0.25, -0.2) is 4.79 Å². The van der Waals surface area contributed by atoms with Crippen LogP contribution in [-0.4, -0.2) is 45.7 Å². The highest BCUT2D eigenvalue weighted by Crippen LogP contribution is 2.28. The van der Waals surface area contributed by atoms with Gasteiger partial charge in [-0.3, -0.25) is 4.79 Å². The Bertz CT molecular complexity index is 316. The molecule has 1 fully saturated rings. The first kappa shape index (κ1) is 14.0. The first-order valence-electron chi connectivity index (χ1n) is 5.98. The third-order valence-corrected chi connectivity index (χ3v) is 3.74. The number of carboxylic acid groups (broad SMARTS) is 1. The first-order chi connectivity index (χ1) is 7.73. The number of carbonyl (C=O) groups is 2. The molecule has 0 radical (unpaired) electrons. The third kappa shape index (κ3) is 2.77. The number of likely N-dealkylation sites (tertiary alicyclic amines) is 1. The Balaban J connectivity index is 2.65. The molecular formula is C12H21NO4. The number of carbonyl (C=O) groups excluding carboxylic acids is 1. The van der Waals surface area contributed by atoms with Gasteiger partial charge in [0.25, 0.3) is 0 Å². The molecule has 1 aliphatic rings. The zero-order valence-corrected chi connectivity index (χ0v) is 10.7. The van der Waals surface area contributed by atoms with Crippen LogP contribution >= 0.6 is 0 Å². The topological polar surface area (TPSA) is 77.8 Å². The second-order valence-corrected chi connectivity index (χ2v) is 5.37. The van der Waals surface area contributed by atoms with E-state index in [9.17, 15) is 14.7 Å². The molecule has 0 aromatic rings. The van der Waals surface area contributed by atoms with E-state index in [2.05, 4.69) is 0 Å². The number of amides is 1. The highest BCUT2D eigenvalue weighted by molar-refractivity contribution is 5.83. The van der Waals surface area contributed by atoms with Crippen molar-refractivity contribution in [1.29, 1.82) is 0 Å². The van der Waals surface area contributed by atoms with Gasteiger partial charge in [0, 0.05) is 31.3 Å². The lowest BCUT2D eigenvalue weighted by Gasteiger charge is -2.38. The summed E-state index contributed by atoms with van der Waals surface area (Å²) in [6, 6.07) is 0. The number of aliphatic hydroxyl groups is 1. The molecule has 0 bridgehead atoms. The molecular weight excluding hydrogens is 222 g/mol. The fraction of sp³-hybridized carbons (Fsp3) is 0.833. The Kier molecular flexibility index (Phi) is 3.81. The van der Waals surface area contributed by atoms with Crippen LogP contribution in [-0.2, 0) is 9.59 Å². The number of hydrogen-bond donors (Lipinski definition) is 2. The van der Waals surface area contributed by atoms with Crippen LogP contribution < -0.4 is 0 Å². The predicted octanol–water partition coefficient (Wildman–Crippen LogP) is 0.861. The molecule has 17 heavy (non-hydrogen) atoms. The minimum absolute atomic E-state index is 0.0347. The highest BCUT2D eigenvalue weighted by atomic mass is 16.4. The van der Waals surface area contributed by atoms with Crippen molar-refractivity contribution in [3.05, 3.63) is 0 Å². The van der Waals surface area contributed by atoms with Gasteiger partial charge in [0.2, 0.25) is 5.91 Å². The average molecular weight is 243 g/mol. The number of piperidine rings is 1. The molecule has 5 nitrogen and oxygen atoms in total. The number of hydrogen-bond acceptors (Lipinski definition) is 3. The summed E-state index contributed by atoms with van der Waals surface area (Å²) in [5.74, 6) is -1.16. The molecule has 0 aromatic heterocycles. The van der Waals surface area contributed by atoms with Gasteiger partial charge in [-0.1, -0.05) is 20.8 Å². The van der Waals surface area contributed by atoms with Crippen LogP contribution in [0.2, 0.25) is 0 Å². The van der Waals surface area contributed by atoms with E-state index in [0.29, 0.717) is 13.1 Å². The molecule has 0 unspecified atom stereocenters. The minimum atomic E-state index is -1.66. The van der Waals surface area contributed by atoms with Crippen molar-refractivity contribution in [2.75, 3.05) is 13.1 Å². The van der Waals surface area contributed by atoms with E-state index in [-0.39, 0.29) is 18.7 Å². The Morgan fingerprint density at radius 2 is 1.76 bits per heavy atom. The smallest absolute Gasteiger partial charge is 0.335 e. The molecule has 0 saturated carbocycles. The van der Waals surface area contributed by atoms with Crippen molar-refractivity contribution >= 4 is 11.9 Å². The molecule has 1 aliphatic heterocycles. The van der Waals surface area contributed by atoms with Crippen LogP contribution in [0.1, 0.15) is 40.0 Å². The third-order valence-electron chi connectivity index (χ3n) is 3.74. The van der Waals surface area contributed by atoms with Crippen LogP contribution in [0.3, 0.4) is 0 Å². The predicted molar refractivity (Wildman–Crippen MR) is 62.5 cm³/mol. The van der Waals surface area contributed by atoms with Crippen molar-refractivity contribution in [3.8, 4) is 0 Å². The van der Waals surface area contributed by atoms with E-state index in [1.807, 2.05) is 20.8 Å². The van der Waals surface area contributed by atoms with E-state index >= 15 is 0 Å². The van der Waals surface area contributed by atoms with Crippen molar-refractivity contribution in [1.82, 2.24) is 4.90 Å². The Labute approximate surface area is 101 Å². The van der Waals surface area contributed by atoms with E-state index < -0.39 is 17.0 Å². The number of nitrogens with zero attached hydrogens (tertiary/aromatic N) is 1. The van der Waals surface area contributed by atoms with Crippen LogP contribution in [0.25, 0.3) is 0 Å². The SMILES string of the molecule is CCC(C)(C)C(=O)N1CCC(O)(C(=O)O)CC1. The molecule has 0 aromatic carbocycles. The largest absolute Gasteiger partial charge is 0.479 e. The molecule has 1 rings (SSSR count). The lowest BCUT2D eigenvalue weighted by atomic mass is 9.85. The van der Waals surface area contributed by atoms with E-state index in [1.165, 1.54) is 0 Å². The second kappa shape index (κ2) is 4.64. The average Bonchev–Trinajstić information content (AvgIpc) is 2.29. The van der Waals surface area contributed by atoms with Crippen LogP contribution in [0.5, 0.6) is 0 Å². The fourth-order valence-electron chi connectivity index (χ4n) is 1.87. The molecule has 0 aliphatic carbocycles. The Morgan fingerprint density at radius 1 is 1.29 bits per heavy atom. The van der Waals surface area contributed by atoms with E-state index in [0.717, 1.165) is 6.42 Å². The Hall–Kier alpha value is -1.10. The lowest BCUT2D eigenvalue weighted by Crippen LogP contribution is -2.53. The molecule has 1 amide bonds. The van der Waals surface area contributed by atoms with Gasteiger partial charge in [-0.2, -0.15) is 0 Å². The summed E-state index contributed by atoms with van der Waals surface area (Å²) in [6.45, 7) is 6.34. The quantitative estimate of drug-likeness (QED) is 0.770. The van der Waals surface area contributed by atoms with E-state index in [1.54, 1.807) is 4.90 Å². The van der Waals surface area contributed by atoms with Crippen LogP contribution in [0.4, 0.5) is 0 Å². The molecule has 1 heterocycles. The molecule has 98 valence electrons. The summed E-state index contributed by atoms with van der Waals surface area (Å²) in [5.41, 5.74) is -2.08. The van der Waals surface area contributed by atoms with Gasteiger partial charge >= 0.3 is 5.97 Å². The second-order valence-electron chi connectivity index (χ2n) is 5.37. The van der Waals surface area contributed by atoms with Crippen molar-refractivity contribution in [2.24, 2.45) is 5.41 Å². The lowest BCUT2D eigenvalue weighted by molar-refractivity contribution is -0.166. The van der Waals surface area contributed by atoms with Gasteiger partial charge < -0.3 is 15.1 Å². The van der Waals surface area contributed by atoms with Crippen LogP contribution in [0.15, 0.2) is 0 Å². The molecule has 2 N–H and O–H groups in total. The van der Waals surface area contributed by atoms with Crippen LogP contribution in [0, 0.1) is 5.41 Å². The summed E-state index contributed by atoms with van der Waals surface area (Å²) < 4.78 is 0. The number of aliphatic carboxylic acids is 1. The maximum Gasteiger partial charge on any atom is 0.335 e. The summed E-state index contributed by atoms with van der Waals surface area (Å²) >= 11 is 0. The number of carboxylic acids is 1. The maximum absolute atomic E-state index is 12.1. The summed E-state index contributed by atoms with van der Waals surface area (Å²) in [7, 11) is 0. The first-order valence-corrected chi connectivity index (χ1v) is 5.98. The molecule has 5 heteroatoms. The monoisotopic (exact) mass is 243 g/mol. The van der Waals surface area contributed by atoms with Gasteiger partial charge in [0.15, 0.2) is 5.60 Å². The molecule has 0 atom stereocenters. The summed E-state index contributed by atoms with van der Waals surface area (Å²) in [6.07, 6.45) is 0.952. The highest BCUT2D eigenvalue weighted by Gasteiger charge is 2.42.